The van der Waals surface area contributed by atoms with E-state index in [1.807, 2.05) is 18.2 Å². The Morgan fingerprint density at radius 2 is 2.20 bits per heavy atom. The quantitative estimate of drug-likeness (QED) is 0.829. The first-order chi connectivity index (χ1) is 7.15. The molecule has 0 spiro atoms. The van der Waals surface area contributed by atoms with E-state index < -0.39 is 0 Å². The first kappa shape index (κ1) is 10.8. The van der Waals surface area contributed by atoms with Gasteiger partial charge >= 0.3 is 0 Å². The van der Waals surface area contributed by atoms with Gasteiger partial charge < -0.3 is 11.1 Å². The standard InChI is InChI=1S/C12H17ClN2/c1-8-4-10(13)2-3-12(8)15-7-9-5-11(14)6-9/h2-4,9,11,15H,5-7,14H2,1H3. The highest BCUT2D eigenvalue weighted by Crippen LogP contribution is 2.27. The predicted molar refractivity (Wildman–Crippen MR) is 65.4 cm³/mol. The molecule has 0 bridgehead atoms. The van der Waals surface area contributed by atoms with Gasteiger partial charge in [0.2, 0.25) is 0 Å². The van der Waals surface area contributed by atoms with Crippen LogP contribution in [0.1, 0.15) is 18.4 Å². The third-order valence-electron chi connectivity index (χ3n) is 3.04. The summed E-state index contributed by atoms with van der Waals surface area (Å²) >= 11 is 5.89. The van der Waals surface area contributed by atoms with E-state index in [4.69, 9.17) is 17.3 Å². The van der Waals surface area contributed by atoms with Gasteiger partial charge in [0.15, 0.2) is 0 Å². The maximum Gasteiger partial charge on any atom is 0.0410 e. The van der Waals surface area contributed by atoms with Gasteiger partial charge in [0.05, 0.1) is 0 Å². The number of anilines is 1. The minimum Gasteiger partial charge on any atom is -0.385 e. The molecule has 1 saturated carbocycles. The molecule has 1 aliphatic rings. The second kappa shape index (κ2) is 4.42. The number of aryl methyl sites for hydroxylation is 1. The molecule has 1 fully saturated rings. The smallest absolute Gasteiger partial charge is 0.0410 e. The number of halogens is 1. The molecule has 0 aliphatic heterocycles. The number of hydrogen-bond donors (Lipinski definition) is 2. The fourth-order valence-corrected chi connectivity index (χ4v) is 2.26. The Morgan fingerprint density at radius 1 is 1.47 bits per heavy atom. The minimum atomic E-state index is 0.433. The van der Waals surface area contributed by atoms with Crippen LogP contribution in [0.15, 0.2) is 18.2 Å². The van der Waals surface area contributed by atoms with Crippen LogP contribution in [0, 0.1) is 12.8 Å². The lowest BCUT2D eigenvalue weighted by Crippen LogP contribution is -2.39. The molecule has 0 atom stereocenters. The van der Waals surface area contributed by atoms with Gasteiger partial charge in [-0.1, -0.05) is 11.6 Å². The molecule has 0 heterocycles. The maximum atomic E-state index is 5.89. The number of benzene rings is 1. The minimum absolute atomic E-state index is 0.433. The van der Waals surface area contributed by atoms with E-state index in [2.05, 4.69) is 12.2 Å². The molecule has 0 unspecified atom stereocenters. The summed E-state index contributed by atoms with van der Waals surface area (Å²) < 4.78 is 0. The van der Waals surface area contributed by atoms with E-state index in [1.54, 1.807) is 0 Å². The molecule has 0 aromatic heterocycles. The van der Waals surface area contributed by atoms with Gasteiger partial charge in [0.1, 0.15) is 0 Å². The van der Waals surface area contributed by atoms with Crippen molar-refractivity contribution in [3.8, 4) is 0 Å². The first-order valence-corrected chi connectivity index (χ1v) is 5.78. The third-order valence-corrected chi connectivity index (χ3v) is 3.28. The van der Waals surface area contributed by atoms with Crippen molar-refractivity contribution in [2.75, 3.05) is 11.9 Å². The van der Waals surface area contributed by atoms with Crippen molar-refractivity contribution >= 4 is 17.3 Å². The van der Waals surface area contributed by atoms with Gasteiger partial charge in [0.25, 0.3) is 0 Å². The molecule has 0 radical (unpaired) electrons. The Balaban J connectivity index is 1.88. The Labute approximate surface area is 95.8 Å². The SMILES string of the molecule is Cc1cc(Cl)ccc1NCC1CC(N)C1. The van der Waals surface area contributed by atoms with Crippen molar-refractivity contribution < 1.29 is 0 Å². The Kier molecular flexibility index (Phi) is 3.17. The fourth-order valence-electron chi connectivity index (χ4n) is 2.03. The Bertz CT molecular complexity index is 345. The maximum absolute atomic E-state index is 5.89. The van der Waals surface area contributed by atoms with Crippen LogP contribution in [0.3, 0.4) is 0 Å². The van der Waals surface area contributed by atoms with Crippen molar-refractivity contribution in [3.05, 3.63) is 28.8 Å². The second-order valence-corrected chi connectivity index (χ2v) is 4.87. The Morgan fingerprint density at radius 3 is 2.80 bits per heavy atom. The molecule has 0 saturated heterocycles. The summed E-state index contributed by atoms with van der Waals surface area (Å²) in [4.78, 5) is 0. The largest absolute Gasteiger partial charge is 0.385 e. The summed E-state index contributed by atoms with van der Waals surface area (Å²) in [6, 6.07) is 6.37. The van der Waals surface area contributed by atoms with Gasteiger partial charge in [-0.25, -0.2) is 0 Å². The summed E-state index contributed by atoms with van der Waals surface area (Å²) in [6.45, 7) is 3.09. The number of rotatable bonds is 3. The molecule has 15 heavy (non-hydrogen) atoms. The van der Waals surface area contributed by atoms with Crippen molar-refractivity contribution in [3.63, 3.8) is 0 Å². The number of hydrogen-bond acceptors (Lipinski definition) is 2. The topological polar surface area (TPSA) is 38.0 Å². The number of nitrogens with one attached hydrogen (secondary N) is 1. The van der Waals surface area contributed by atoms with E-state index >= 15 is 0 Å². The normalized spacial score (nSPS) is 24.7. The van der Waals surface area contributed by atoms with Crippen LogP contribution in [-0.2, 0) is 0 Å². The van der Waals surface area contributed by atoms with Crippen LogP contribution in [0.2, 0.25) is 5.02 Å². The lowest BCUT2D eigenvalue weighted by molar-refractivity contribution is 0.280. The van der Waals surface area contributed by atoms with Gasteiger partial charge in [0, 0.05) is 23.3 Å². The molecule has 3 heteroatoms. The second-order valence-electron chi connectivity index (χ2n) is 4.44. The molecular formula is C12H17ClN2. The lowest BCUT2D eigenvalue weighted by atomic mass is 9.81. The average molecular weight is 225 g/mol. The van der Waals surface area contributed by atoms with Crippen molar-refractivity contribution in [1.82, 2.24) is 0 Å². The molecule has 1 aliphatic carbocycles. The zero-order valence-corrected chi connectivity index (χ0v) is 9.72. The van der Waals surface area contributed by atoms with Gasteiger partial charge in [-0.15, -0.1) is 0 Å². The van der Waals surface area contributed by atoms with Crippen LogP contribution < -0.4 is 11.1 Å². The summed E-state index contributed by atoms with van der Waals surface area (Å²) in [5.74, 6) is 0.745. The summed E-state index contributed by atoms with van der Waals surface area (Å²) in [7, 11) is 0. The van der Waals surface area contributed by atoms with Crippen LogP contribution in [-0.4, -0.2) is 12.6 Å². The highest BCUT2D eigenvalue weighted by atomic mass is 35.5. The van der Waals surface area contributed by atoms with Crippen LogP contribution in [0.4, 0.5) is 5.69 Å². The summed E-state index contributed by atoms with van der Waals surface area (Å²) in [5, 5.41) is 4.24. The van der Waals surface area contributed by atoms with Crippen molar-refractivity contribution in [2.24, 2.45) is 11.7 Å². The van der Waals surface area contributed by atoms with E-state index in [9.17, 15) is 0 Å². The van der Waals surface area contributed by atoms with E-state index in [0.29, 0.717) is 6.04 Å². The lowest BCUT2D eigenvalue weighted by Gasteiger charge is -2.32. The molecule has 1 aromatic carbocycles. The van der Waals surface area contributed by atoms with Gasteiger partial charge in [-0.2, -0.15) is 0 Å². The Hall–Kier alpha value is -0.730. The van der Waals surface area contributed by atoms with Crippen LogP contribution in [0.25, 0.3) is 0 Å². The molecular weight excluding hydrogens is 208 g/mol. The molecule has 2 rings (SSSR count). The van der Waals surface area contributed by atoms with Crippen molar-refractivity contribution in [1.29, 1.82) is 0 Å². The zero-order valence-electron chi connectivity index (χ0n) is 8.96. The highest BCUT2D eigenvalue weighted by Gasteiger charge is 2.25. The van der Waals surface area contributed by atoms with Crippen LogP contribution in [0.5, 0.6) is 0 Å². The van der Waals surface area contributed by atoms with Gasteiger partial charge in [-0.05, 0) is 49.4 Å². The monoisotopic (exact) mass is 224 g/mol. The molecule has 1 aromatic rings. The number of nitrogens with two attached hydrogens (primary N) is 1. The fraction of sp³-hybridized carbons (Fsp3) is 0.500. The first-order valence-electron chi connectivity index (χ1n) is 5.41. The summed E-state index contributed by atoms with van der Waals surface area (Å²) in [6.07, 6.45) is 2.30. The molecule has 0 amide bonds. The van der Waals surface area contributed by atoms with Crippen molar-refractivity contribution in [2.45, 2.75) is 25.8 Å². The van der Waals surface area contributed by atoms with E-state index in [-0.39, 0.29) is 0 Å². The van der Waals surface area contributed by atoms with E-state index in [0.717, 1.165) is 30.3 Å². The molecule has 2 nitrogen and oxygen atoms in total. The average Bonchev–Trinajstić information content (AvgIpc) is 2.13. The van der Waals surface area contributed by atoms with Gasteiger partial charge in [-0.3, -0.25) is 0 Å². The summed E-state index contributed by atoms with van der Waals surface area (Å²) in [5.41, 5.74) is 8.12. The highest BCUT2D eigenvalue weighted by molar-refractivity contribution is 6.30. The van der Waals surface area contributed by atoms with E-state index in [1.165, 1.54) is 11.3 Å². The predicted octanol–water partition coefficient (Wildman–Crippen LogP) is 2.80. The van der Waals surface area contributed by atoms with Crippen LogP contribution >= 0.6 is 11.6 Å². The molecule has 82 valence electrons. The zero-order chi connectivity index (χ0) is 10.8. The third kappa shape index (κ3) is 2.64. The molecule has 3 N–H and O–H groups in total.